The Bertz CT molecular complexity index is 786. The van der Waals surface area contributed by atoms with Crippen molar-refractivity contribution in [3.05, 3.63) is 68.8 Å². The van der Waals surface area contributed by atoms with Gasteiger partial charge in [-0.3, -0.25) is 14.9 Å². The molecule has 1 heterocycles. The average Bonchev–Trinajstić information content (AvgIpc) is 2.92. The number of carbonyl (C=O) groups excluding carboxylic acids is 1. The molecular formula is C16H14N2O4. The van der Waals surface area contributed by atoms with Gasteiger partial charge in [0.05, 0.1) is 4.92 Å². The molecule has 1 amide bonds. The molecule has 0 fully saturated rings. The van der Waals surface area contributed by atoms with Gasteiger partial charge in [-0.1, -0.05) is 12.1 Å². The second-order valence-corrected chi connectivity index (χ2v) is 5.37. The fourth-order valence-corrected chi connectivity index (χ4v) is 2.56. The number of carbonyl (C=O) groups is 1. The number of aryl methyl sites for hydroxylation is 1. The highest BCUT2D eigenvalue weighted by molar-refractivity contribution is 5.95. The number of nitro groups is 1. The number of phenolic OH excluding ortho intramolecular Hbond substituents is 1. The zero-order chi connectivity index (χ0) is 15.9. The number of rotatable bonds is 2. The molecule has 0 aliphatic carbocycles. The summed E-state index contributed by atoms with van der Waals surface area (Å²) in [6, 6.07) is 9.45. The Morgan fingerprint density at radius 2 is 1.91 bits per heavy atom. The summed E-state index contributed by atoms with van der Waals surface area (Å²) in [4.78, 5) is 24.5. The first-order valence-corrected chi connectivity index (χ1v) is 6.81. The Balaban J connectivity index is 1.84. The molecule has 2 aromatic carbocycles. The molecule has 0 saturated carbocycles. The zero-order valence-corrected chi connectivity index (χ0v) is 11.9. The standard InChI is InChI=1S/C16H14N2O4/c1-10-2-3-11(7-15(10)19)16(20)17-8-12-4-5-14(18(21)22)6-13(12)9-17/h2-7,19H,8-9H2,1H3. The van der Waals surface area contributed by atoms with Gasteiger partial charge in [0.15, 0.2) is 0 Å². The fourth-order valence-electron chi connectivity index (χ4n) is 2.56. The Kier molecular flexibility index (Phi) is 3.29. The molecule has 1 aliphatic rings. The van der Waals surface area contributed by atoms with Crippen LogP contribution in [0.3, 0.4) is 0 Å². The van der Waals surface area contributed by atoms with Crippen LogP contribution in [0.5, 0.6) is 5.75 Å². The summed E-state index contributed by atoms with van der Waals surface area (Å²) < 4.78 is 0. The normalized spacial score (nSPS) is 13.0. The van der Waals surface area contributed by atoms with Crippen LogP contribution >= 0.6 is 0 Å². The van der Waals surface area contributed by atoms with Crippen LogP contribution in [-0.4, -0.2) is 20.8 Å². The number of phenols is 1. The molecule has 1 N–H and O–H groups in total. The number of fused-ring (bicyclic) bond motifs is 1. The first-order valence-electron chi connectivity index (χ1n) is 6.81. The van der Waals surface area contributed by atoms with E-state index in [2.05, 4.69) is 0 Å². The van der Waals surface area contributed by atoms with Crippen molar-refractivity contribution in [2.75, 3.05) is 0 Å². The largest absolute Gasteiger partial charge is 0.508 e. The molecule has 112 valence electrons. The van der Waals surface area contributed by atoms with Gasteiger partial charge in [-0.15, -0.1) is 0 Å². The lowest BCUT2D eigenvalue weighted by atomic mass is 10.1. The number of non-ortho nitro benzene ring substituents is 1. The van der Waals surface area contributed by atoms with E-state index >= 15 is 0 Å². The SMILES string of the molecule is Cc1ccc(C(=O)N2Cc3ccc([N+](=O)[O-])cc3C2)cc1O. The number of nitrogens with zero attached hydrogens (tertiary/aromatic N) is 2. The maximum atomic E-state index is 12.5. The molecule has 22 heavy (non-hydrogen) atoms. The second-order valence-electron chi connectivity index (χ2n) is 5.37. The van der Waals surface area contributed by atoms with Gasteiger partial charge in [-0.25, -0.2) is 0 Å². The zero-order valence-electron chi connectivity index (χ0n) is 11.9. The predicted octanol–water partition coefficient (Wildman–Crippen LogP) is 2.76. The minimum Gasteiger partial charge on any atom is -0.508 e. The molecule has 0 aromatic heterocycles. The molecular weight excluding hydrogens is 284 g/mol. The lowest BCUT2D eigenvalue weighted by molar-refractivity contribution is -0.384. The average molecular weight is 298 g/mol. The minimum absolute atomic E-state index is 0.0287. The van der Waals surface area contributed by atoms with Gasteiger partial charge in [0.1, 0.15) is 5.75 Å². The molecule has 0 saturated heterocycles. The Hall–Kier alpha value is -2.89. The highest BCUT2D eigenvalue weighted by Crippen LogP contribution is 2.28. The summed E-state index contributed by atoms with van der Waals surface area (Å²) in [5, 5.41) is 20.5. The van der Waals surface area contributed by atoms with Gasteiger partial charge in [0, 0.05) is 30.8 Å². The van der Waals surface area contributed by atoms with Crippen molar-refractivity contribution in [2.45, 2.75) is 20.0 Å². The number of aromatic hydroxyl groups is 1. The molecule has 6 heteroatoms. The van der Waals surface area contributed by atoms with Crippen molar-refractivity contribution >= 4 is 11.6 Å². The van der Waals surface area contributed by atoms with Crippen molar-refractivity contribution in [3.8, 4) is 5.75 Å². The van der Waals surface area contributed by atoms with E-state index in [1.54, 1.807) is 30.0 Å². The van der Waals surface area contributed by atoms with Crippen LogP contribution < -0.4 is 0 Å². The van der Waals surface area contributed by atoms with Crippen LogP contribution in [0.15, 0.2) is 36.4 Å². The third-order valence-corrected chi connectivity index (χ3v) is 3.87. The van der Waals surface area contributed by atoms with E-state index in [1.165, 1.54) is 18.2 Å². The predicted molar refractivity (Wildman–Crippen MR) is 79.5 cm³/mol. The number of hydrogen-bond acceptors (Lipinski definition) is 4. The van der Waals surface area contributed by atoms with Crippen molar-refractivity contribution in [2.24, 2.45) is 0 Å². The van der Waals surface area contributed by atoms with E-state index in [0.29, 0.717) is 24.2 Å². The summed E-state index contributed by atoms with van der Waals surface area (Å²) in [6.07, 6.45) is 0. The molecule has 0 radical (unpaired) electrons. The monoisotopic (exact) mass is 298 g/mol. The third kappa shape index (κ3) is 2.39. The van der Waals surface area contributed by atoms with Crippen molar-refractivity contribution < 1.29 is 14.8 Å². The highest BCUT2D eigenvalue weighted by atomic mass is 16.6. The van der Waals surface area contributed by atoms with Crippen LogP contribution in [0.25, 0.3) is 0 Å². The van der Waals surface area contributed by atoms with Gasteiger partial charge in [-0.2, -0.15) is 0 Å². The van der Waals surface area contributed by atoms with Crippen molar-refractivity contribution in [1.29, 1.82) is 0 Å². The van der Waals surface area contributed by atoms with Crippen LogP contribution in [0.4, 0.5) is 5.69 Å². The smallest absolute Gasteiger partial charge is 0.269 e. The van der Waals surface area contributed by atoms with Crippen molar-refractivity contribution in [3.63, 3.8) is 0 Å². The number of amides is 1. The maximum Gasteiger partial charge on any atom is 0.269 e. The molecule has 1 aliphatic heterocycles. The summed E-state index contributed by atoms with van der Waals surface area (Å²) in [6.45, 7) is 2.51. The number of nitro benzene ring substituents is 1. The summed E-state index contributed by atoms with van der Waals surface area (Å²) in [5.41, 5.74) is 2.84. The Morgan fingerprint density at radius 1 is 1.18 bits per heavy atom. The molecule has 0 spiro atoms. The van der Waals surface area contributed by atoms with E-state index in [9.17, 15) is 20.0 Å². The lowest BCUT2D eigenvalue weighted by Gasteiger charge is -2.15. The van der Waals surface area contributed by atoms with Crippen LogP contribution in [0, 0.1) is 17.0 Å². The summed E-state index contributed by atoms with van der Waals surface area (Å²) in [5.74, 6) is -0.118. The van der Waals surface area contributed by atoms with Crippen molar-refractivity contribution in [1.82, 2.24) is 4.90 Å². The number of benzene rings is 2. The minimum atomic E-state index is -0.442. The van der Waals surface area contributed by atoms with Gasteiger partial charge in [-0.05, 0) is 35.7 Å². The molecule has 3 rings (SSSR count). The lowest BCUT2D eigenvalue weighted by Crippen LogP contribution is -2.25. The van der Waals surface area contributed by atoms with Crippen LogP contribution in [0.1, 0.15) is 27.0 Å². The quantitative estimate of drug-likeness (QED) is 0.682. The summed E-state index contributed by atoms with van der Waals surface area (Å²) in [7, 11) is 0. The first-order chi connectivity index (χ1) is 10.5. The highest BCUT2D eigenvalue weighted by Gasteiger charge is 2.26. The first kappa shape index (κ1) is 14.1. The van der Waals surface area contributed by atoms with Crippen LogP contribution in [-0.2, 0) is 13.1 Å². The van der Waals surface area contributed by atoms with E-state index in [1.807, 2.05) is 0 Å². The van der Waals surface area contributed by atoms with Gasteiger partial charge in [0.2, 0.25) is 0 Å². The maximum absolute atomic E-state index is 12.5. The van der Waals surface area contributed by atoms with E-state index in [-0.39, 0.29) is 17.3 Å². The van der Waals surface area contributed by atoms with E-state index in [0.717, 1.165) is 11.1 Å². The third-order valence-electron chi connectivity index (χ3n) is 3.87. The molecule has 2 aromatic rings. The summed E-state index contributed by atoms with van der Waals surface area (Å²) >= 11 is 0. The Morgan fingerprint density at radius 3 is 2.59 bits per heavy atom. The topological polar surface area (TPSA) is 83.7 Å². The van der Waals surface area contributed by atoms with Gasteiger partial charge in [0.25, 0.3) is 11.6 Å². The van der Waals surface area contributed by atoms with Gasteiger partial charge >= 0.3 is 0 Å². The van der Waals surface area contributed by atoms with Crippen LogP contribution in [0.2, 0.25) is 0 Å². The van der Waals surface area contributed by atoms with Gasteiger partial charge < -0.3 is 10.0 Å². The van der Waals surface area contributed by atoms with E-state index in [4.69, 9.17) is 0 Å². The second kappa shape index (κ2) is 5.14. The molecule has 0 bridgehead atoms. The molecule has 0 unspecified atom stereocenters. The fraction of sp³-hybridized carbons (Fsp3) is 0.188. The Labute approximate surface area is 126 Å². The molecule has 0 atom stereocenters. The number of hydrogen-bond donors (Lipinski definition) is 1. The van der Waals surface area contributed by atoms with E-state index < -0.39 is 4.92 Å². The molecule has 6 nitrogen and oxygen atoms in total.